The molecule has 6 N–H and O–H groups in total. The van der Waals surface area contributed by atoms with Crippen molar-refractivity contribution >= 4 is 21.7 Å². The second-order valence-corrected chi connectivity index (χ2v) is 10.2. The fraction of sp³-hybridized carbons (Fsp3) is 0.435. The lowest BCUT2D eigenvalue weighted by molar-refractivity contribution is 0.116. The second kappa shape index (κ2) is 12.0. The highest BCUT2D eigenvalue weighted by atomic mass is 32.2. The molecule has 0 aliphatic rings. The first-order valence-corrected chi connectivity index (χ1v) is 12.3. The third-order valence-corrected chi connectivity index (χ3v) is 6.79. The smallest absolute Gasteiger partial charge is 0.319 e. The number of aromatic hydroxyl groups is 1. The maximum atomic E-state index is 13.4. The number of sulfonamides is 1. The van der Waals surface area contributed by atoms with E-state index >= 15 is 0 Å². The summed E-state index contributed by atoms with van der Waals surface area (Å²) in [6.45, 7) is 5.83. The first kappa shape index (κ1) is 26.6. The van der Waals surface area contributed by atoms with Gasteiger partial charge in [0.25, 0.3) is 0 Å². The monoisotopic (exact) mass is 478 g/mol. The molecular weight excluding hydrogens is 444 g/mol. The SMILES string of the molecule is CCNC(=O)Nc1cc(S(=O)(=O)N(CC(C)C)C[C@@H](O)[C@@H](N)Cc2ccccc2)ccc1O. The summed E-state index contributed by atoms with van der Waals surface area (Å²) in [4.78, 5) is 11.7. The number of phenols is 1. The molecule has 2 amide bonds. The summed E-state index contributed by atoms with van der Waals surface area (Å²) < 4.78 is 28.0. The van der Waals surface area contributed by atoms with Crippen LogP contribution >= 0.6 is 0 Å². The zero-order valence-electron chi connectivity index (χ0n) is 19.2. The van der Waals surface area contributed by atoms with Crippen molar-refractivity contribution < 1.29 is 23.4 Å². The zero-order chi connectivity index (χ0) is 24.6. The van der Waals surface area contributed by atoms with Crippen LogP contribution in [0.5, 0.6) is 5.75 Å². The van der Waals surface area contributed by atoms with E-state index in [4.69, 9.17) is 5.73 Å². The molecule has 182 valence electrons. The van der Waals surface area contributed by atoms with Crippen LogP contribution < -0.4 is 16.4 Å². The molecule has 0 saturated heterocycles. The number of rotatable bonds is 11. The maximum Gasteiger partial charge on any atom is 0.319 e. The normalized spacial score (nSPS) is 13.7. The van der Waals surface area contributed by atoms with Gasteiger partial charge in [0.1, 0.15) is 5.75 Å². The summed E-state index contributed by atoms with van der Waals surface area (Å²) in [5.74, 6) is -0.275. The number of hydrogen-bond donors (Lipinski definition) is 5. The van der Waals surface area contributed by atoms with Crippen LogP contribution in [-0.2, 0) is 16.4 Å². The topological polar surface area (TPSA) is 145 Å². The van der Waals surface area contributed by atoms with E-state index in [2.05, 4.69) is 10.6 Å². The molecule has 0 radical (unpaired) electrons. The standard InChI is InChI=1S/C23H34N4O5S/c1-4-25-23(30)26-20-13-18(10-11-21(20)28)33(31,32)27(14-16(2)3)15-22(29)19(24)12-17-8-6-5-7-9-17/h5-11,13,16,19,22,28-29H,4,12,14-15,24H2,1-3H3,(H2,25,26,30)/t19-,22+/m0/s1. The Balaban J connectivity index is 2.26. The van der Waals surface area contributed by atoms with E-state index in [1.807, 2.05) is 44.2 Å². The van der Waals surface area contributed by atoms with Gasteiger partial charge in [0.2, 0.25) is 10.0 Å². The van der Waals surface area contributed by atoms with E-state index in [0.29, 0.717) is 13.0 Å². The van der Waals surface area contributed by atoms with Crippen LogP contribution in [0, 0.1) is 5.92 Å². The van der Waals surface area contributed by atoms with Crippen LogP contribution in [-0.4, -0.2) is 60.7 Å². The third kappa shape index (κ3) is 7.71. The minimum Gasteiger partial charge on any atom is -0.506 e. The number of urea groups is 1. The number of benzene rings is 2. The molecule has 2 atom stereocenters. The van der Waals surface area contributed by atoms with Crippen LogP contribution in [0.2, 0.25) is 0 Å². The highest BCUT2D eigenvalue weighted by Crippen LogP contribution is 2.28. The van der Waals surface area contributed by atoms with Crippen LogP contribution in [0.15, 0.2) is 53.4 Å². The number of carbonyl (C=O) groups is 1. The molecule has 10 heteroatoms. The van der Waals surface area contributed by atoms with Crippen LogP contribution in [0.3, 0.4) is 0 Å². The van der Waals surface area contributed by atoms with E-state index in [0.717, 1.165) is 5.56 Å². The van der Waals surface area contributed by atoms with Crippen molar-refractivity contribution in [1.29, 1.82) is 0 Å². The Hall–Kier alpha value is -2.66. The van der Waals surface area contributed by atoms with Crippen molar-refractivity contribution in [3.8, 4) is 5.75 Å². The predicted molar refractivity (Wildman–Crippen MR) is 129 cm³/mol. The molecule has 2 rings (SSSR count). The molecule has 33 heavy (non-hydrogen) atoms. The first-order valence-electron chi connectivity index (χ1n) is 10.9. The summed E-state index contributed by atoms with van der Waals surface area (Å²) >= 11 is 0. The molecular formula is C23H34N4O5S. The highest BCUT2D eigenvalue weighted by molar-refractivity contribution is 7.89. The molecule has 0 spiro atoms. The van der Waals surface area contributed by atoms with Crippen molar-refractivity contribution in [3.05, 3.63) is 54.1 Å². The molecule has 0 unspecified atom stereocenters. The number of aliphatic hydroxyl groups is 1. The Morgan fingerprint density at radius 3 is 2.39 bits per heavy atom. The molecule has 0 saturated carbocycles. The predicted octanol–water partition coefficient (Wildman–Crippen LogP) is 2.11. The van der Waals surface area contributed by atoms with Crippen LogP contribution in [0.1, 0.15) is 26.3 Å². The number of amides is 2. The van der Waals surface area contributed by atoms with Gasteiger partial charge in [-0.25, -0.2) is 13.2 Å². The fourth-order valence-electron chi connectivity index (χ4n) is 3.30. The lowest BCUT2D eigenvalue weighted by Crippen LogP contribution is -2.47. The third-order valence-electron chi connectivity index (χ3n) is 4.96. The molecule has 0 fully saturated rings. The summed E-state index contributed by atoms with van der Waals surface area (Å²) in [5.41, 5.74) is 7.09. The molecule has 0 aliphatic heterocycles. The summed E-state index contributed by atoms with van der Waals surface area (Å²) in [5, 5.41) is 25.7. The van der Waals surface area contributed by atoms with Crippen molar-refractivity contribution in [2.24, 2.45) is 11.7 Å². The van der Waals surface area contributed by atoms with Crippen molar-refractivity contribution in [2.45, 2.75) is 44.2 Å². The largest absolute Gasteiger partial charge is 0.506 e. The Labute approximate surface area is 195 Å². The quantitative estimate of drug-likeness (QED) is 0.313. The van der Waals surface area contributed by atoms with Crippen LogP contribution in [0.25, 0.3) is 0 Å². The Morgan fingerprint density at radius 2 is 1.79 bits per heavy atom. The van der Waals surface area contributed by atoms with Crippen molar-refractivity contribution in [1.82, 2.24) is 9.62 Å². The van der Waals surface area contributed by atoms with E-state index in [-0.39, 0.29) is 35.3 Å². The number of nitrogens with one attached hydrogen (secondary N) is 2. The highest BCUT2D eigenvalue weighted by Gasteiger charge is 2.30. The van der Waals surface area contributed by atoms with Gasteiger partial charge in [0.05, 0.1) is 16.7 Å². The van der Waals surface area contributed by atoms with Gasteiger partial charge < -0.3 is 26.6 Å². The van der Waals surface area contributed by atoms with Gasteiger partial charge in [0.15, 0.2) is 0 Å². The van der Waals surface area contributed by atoms with Crippen molar-refractivity contribution in [2.75, 3.05) is 25.0 Å². The molecule has 2 aromatic carbocycles. The number of nitrogens with zero attached hydrogens (tertiary/aromatic N) is 1. The van der Waals surface area contributed by atoms with Crippen molar-refractivity contribution in [3.63, 3.8) is 0 Å². The Bertz CT molecular complexity index is 1010. The Kier molecular flexibility index (Phi) is 9.66. The number of phenolic OH excluding ortho intramolecular Hbond substituents is 1. The summed E-state index contributed by atoms with van der Waals surface area (Å²) in [6, 6.07) is 11.9. The number of nitrogens with two attached hydrogens (primary N) is 1. The number of carbonyl (C=O) groups excluding carboxylic acids is 1. The van der Waals surface area contributed by atoms with E-state index < -0.39 is 28.2 Å². The van der Waals surface area contributed by atoms with E-state index in [9.17, 15) is 23.4 Å². The average Bonchev–Trinajstić information content (AvgIpc) is 2.75. The first-order chi connectivity index (χ1) is 15.5. The van der Waals surface area contributed by atoms with Gasteiger partial charge in [-0.05, 0) is 43.0 Å². The molecule has 0 heterocycles. The minimum atomic E-state index is -4.05. The average molecular weight is 479 g/mol. The van der Waals surface area contributed by atoms with Gasteiger partial charge in [-0.15, -0.1) is 0 Å². The molecule has 0 aromatic heterocycles. The molecule has 9 nitrogen and oxygen atoms in total. The van der Waals surface area contributed by atoms with E-state index in [1.54, 1.807) is 6.92 Å². The lowest BCUT2D eigenvalue weighted by Gasteiger charge is -2.29. The summed E-state index contributed by atoms with van der Waals surface area (Å²) in [6.07, 6.45) is -0.694. The summed E-state index contributed by atoms with van der Waals surface area (Å²) in [7, 11) is -4.05. The minimum absolute atomic E-state index is 0.0117. The Morgan fingerprint density at radius 1 is 1.12 bits per heavy atom. The number of hydrogen-bond acceptors (Lipinski definition) is 6. The number of anilines is 1. The molecule has 0 bridgehead atoms. The van der Waals surface area contributed by atoms with Gasteiger partial charge in [0, 0.05) is 25.7 Å². The number of aliphatic hydroxyl groups excluding tert-OH is 1. The van der Waals surface area contributed by atoms with Gasteiger partial charge >= 0.3 is 6.03 Å². The van der Waals surface area contributed by atoms with Crippen LogP contribution in [0.4, 0.5) is 10.5 Å². The zero-order valence-corrected chi connectivity index (χ0v) is 20.0. The maximum absolute atomic E-state index is 13.4. The lowest BCUT2D eigenvalue weighted by atomic mass is 10.0. The molecule has 2 aromatic rings. The van der Waals surface area contributed by atoms with Gasteiger partial charge in [-0.2, -0.15) is 4.31 Å². The second-order valence-electron chi connectivity index (χ2n) is 8.30. The fourth-order valence-corrected chi connectivity index (χ4v) is 4.94. The van der Waals surface area contributed by atoms with E-state index in [1.165, 1.54) is 22.5 Å². The van der Waals surface area contributed by atoms with Gasteiger partial charge in [-0.1, -0.05) is 44.2 Å². The van der Waals surface area contributed by atoms with Gasteiger partial charge in [-0.3, -0.25) is 0 Å². The molecule has 0 aliphatic carbocycles.